The third kappa shape index (κ3) is 5.12. The Bertz CT molecular complexity index is 1180. The monoisotopic (exact) mass is 449 g/mol. The zero-order chi connectivity index (χ0) is 23.5. The molecule has 0 radical (unpaired) electrons. The molecule has 3 N–H and O–H groups in total. The highest BCUT2D eigenvalue weighted by Gasteiger charge is 2.32. The van der Waals surface area contributed by atoms with E-state index in [2.05, 4.69) is 10.3 Å². The summed E-state index contributed by atoms with van der Waals surface area (Å²) in [6, 6.07) is 8.16. The molecule has 0 aliphatic heterocycles. The molecule has 0 saturated carbocycles. The molecule has 0 atom stereocenters. The van der Waals surface area contributed by atoms with Crippen LogP contribution in [0, 0.1) is 5.82 Å². The van der Waals surface area contributed by atoms with Gasteiger partial charge in [0.25, 0.3) is 11.8 Å². The molecule has 1 aromatic heterocycles. The van der Waals surface area contributed by atoms with Gasteiger partial charge in [-0.25, -0.2) is 4.39 Å². The zero-order valence-electron chi connectivity index (χ0n) is 16.4. The lowest BCUT2D eigenvalue weighted by atomic mass is 10.1. The van der Waals surface area contributed by atoms with Crippen molar-refractivity contribution in [3.63, 3.8) is 0 Å². The Kier molecular flexibility index (Phi) is 6.28. The lowest BCUT2D eigenvalue weighted by Crippen LogP contribution is -2.16. The number of alkyl halides is 3. The third-order valence-corrected chi connectivity index (χ3v) is 4.17. The van der Waals surface area contributed by atoms with Gasteiger partial charge in [-0.1, -0.05) is 0 Å². The van der Waals surface area contributed by atoms with Gasteiger partial charge < -0.3 is 20.5 Å². The van der Waals surface area contributed by atoms with Crippen molar-refractivity contribution in [3.05, 3.63) is 77.4 Å². The van der Waals surface area contributed by atoms with Gasteiger partial charge in [0.2, 0.25) is 0 Å². The summed E-state index contributed by atoms with van der Waals surface area (Å²) >= 11 is 0. The highest BCUT2D eigenvalue weighted by atomic mass is 19.4. The summed E-state index contributed by atoms with van der Waals surface area (Å²) in [7, 11) is 1.21. The second kappa shape index (κ2) is 8.92. The predicted octanol–water partition coefficient (Wildman–Crippen LogP) is 4.39. The van der Waals surface area contributed by atoms with E-state index in [-0.39, 0.29) is 28.4 Å². The van der Waals surface area contributed by atoms with Crippen LogP contribution >= 0.6 is 0 Å². The van der Waals surface area contributed by atoms with Crippen LogP contribution in [0.15, 0.2) is 54.7 Å². The molecule has 2 amide bonds. The van der Waals surface area contributed by atoms with Crippen molar-refractivity contribution >= 4 is 17.5 Å². The maximum atomic E-state index is 13.6. The normalized spacial score (nSPS) is 11.0. The van der Waals surface area contributed by atoms with Gasteiger partial charge in [-0.3, -0.25) is 14.6 Å². The smallest absolute Gasteiger partial charge is 0.416 e. The molecule has 11 heteroatoms. The van der Waals surface area contributed by atoms with Crippen LogP contribution < -0.4 is 20.5 Å². The van der Waals surface area contributed by atoms with Crippen LogP contribution in [0.25, 0.3) is 0 Å². The molecule has 3 aromatic rings. The number of rotatable bonds is 6. The average molecular weight is 449 g/mol. The van der Waals surface area contributed by atoms with Gasteiger partial charge in [-0.05, 0) is 42.5 Å². The summed E-state index contributed by atoms with van der Waals surface area (Å²) in [4.78, 5) is 27.7. The summed E-state index contributed by atoms with van der Waals surface area (Å²) in [5, 5.41) is 2.44. The third-order valence-electron chi connectivity index (χ3n) is 4.17. The van der Waals surface area contributed by atoms with E-state index in [0.717, 1.165) is 18.2 Å². The van der Waals surface area contributed by atoms with Crippen molar-refractivity contribution in [2.45, 2.75) is 6.18 Å². The number of hydrogen-bond acceptors (Lipinski definition) is 5. The second-order valence-corrected chi connectivity index (χ2v) is 6.36. The number of hydrogen-bond donors (Lipinski definition) is 2. The Morgan fingerprint density at radius 1 is 1.03 bits per heavy atom. The van der Waals surface area contributed by atoms with Crippen LogP contribution in [0.5, 0.6) is 17.2 Å². The highest BCUT2D eigenvalue weighted by Crippen LogP contribution is 2.36. The van der Waals surface area contributed by atoms with E-state index in [0.29, 0.717) is 12.1 Å². The first-order chi connectivity index (χ1) is 15.1. The molecule has 0 saturated heterocycles. The summed E-state index contributed by atoms with van der Waals surface area (Å²) in [5.41, 5.74) is 3.85. The number of carbonyl (C=O) groups excluding carboxylic acids is 2. The van der Waals surface area contributed by atoms with Crippen molar-refractivity contribution in [2.75, 3.05) is 12.4 Å². The number of benzene rings is 2. The highest BCUT2D eigenvalue weighted by molar-refractivity contribution is 6.06. The molecule has 0 spiro atoms. The fraction of sp³-hybridized carbons (Fsp3) is 0.0952. The molecule has 2 aromatic carbocycles. The zero-order valence-corrected chi connectivity index (χ0v) is 16.4. The number of nitrogens with one attached hydrogen (secondary N) is 1. The number of aromatic nitrogens is 1. The van der Waals surface area contributed by atoms with Crippen LogP contribution in [-0.2, 0) is 6.18 Å². The van der Waals surface area contributed by atoms with Crippen molar-refractivity contribution in [2.24, 2.45) is 5.73 Å². The van der Waals surface area contributed by atoms with E-state index in [1.807, 2.05) is 0 Å². The molecule has 7 nitrogen and oxygen atoms in total. The minimum Gasteiger partial charge on any atom is -0.494 e. The Labute approximate surface area is 178 Å². The Morgan fingerprint density at radius 2 is 1.78 bits per heavy atom. The van der Waals surface area contributed by atoms with Crippen LogP contribution in [0.2, 0.25) is 0 Å². The second-order valence-electron chi connectivity index (χ2n) is 6.36. The van der Waals surface area contributed by atoms with Crippen LogP contribution in [0.1, 0.15) is 26.4 Å². The number of carbonyl (C=O) groups is 2. The van der Waals surface area contributed by atoms with Gasteiger partial charge in [-0.2, -0.15) is 13.2 Å². The number of methoxy groups -OCH3 is 1. The molecule has 32 heavy (non-hydrogen) atoms. The molecule has 1 heterocycles. The van der Waals surface area contributed by atoms with Crippen LogP contribution in [0.4, 0.5) is 23.2 Å². The first-order valence-corrected chi connectivity index (χ1v) is 8.88. The number of nitrogens with two attached hydrogens (primary N) is 1. The van der Waals surface area contributed by atoms with Gasteiger partial charge in [0.15, 0.2) is 11.6 Å². The summed E-state index contributed by atoms with van der Waals surface area (Å²) < 4.78 is 63.5. The lowest BCUT2D eigenvalue weighted by Gasteiger charge is -2.15. The molecule has 0 unspecified atom stereocenters. The van der Waals surface area contributed by atoms with Crippen molar-refractivity contribution in [1.29, 1.82) is 0 Å². The van der Waals surface area contributed by atoms with Gasteiger partial charge in [0, 0.05) is 18.0 Å². The van der Waals surface area contributed by atoms with Crippen molar-refractivity contribution in [1.82, 2.24) is 4.98 Å². The number of halogens is 4. The largest absolute Gasteiger partial charge is 0.494 e. The van der Waals surface area contributed by atoms with Gasteiger partial charge in [-0.15, -0.1) is 0 Å². The molecule has 166 valence electrons. The van der Waals surface area contributed by atoms with Crippen molar-refractivity contribution < 1.29 is 36.6 Å². The fourth-order valence-electron chi connectivity index (χ4n) is 2.64. The number of nitrogens with zero attached hydrogens (tertiary/aromatic N) is 1. The molecular weight excluding hydrogens is 434 g/mol. The Balaban J connectivity index is 1.98. The van der Waals surface area contributed by atoms with Gasteiger partial charge in [0.1, 0.15) is 17.2 Å². The lowest BCUT2D eigenvalue weighted by molar-refractivity contribution is -0.137. The van der Waals surface area contributed by atoms with E-state index in [9.17, 15) is 27.2 Å². The SMILES string of the molecule is COc1cc(Oc2cc(C(F)(F)F)ccc2C(=O)Nc2ccnc(C(N)=O)c2)ccc1F. The van der Waals surface area contributed by atoms with Crippen molar-refractivity contribution in [3.8, 4) is 17.2 Å². The molecule has 0 fully saturated rings. The standard InChI is InChI=1S/C21H15F4N3O4/c1-31-18-10-13(3-5-15(18)22)32-17-8-11(21(23,24)25)2-4-14(17)20(30)28-12-6-7-27-16(9-12)19(26)29/h2-10H,1H3,(H2,26,29)(H,27,28,30). The molecule has 0 aliphatic rings. The number of ether oxygens (including phenoxy) is 2. The first-order valence-electron chi connectivity index (χ1n) is 8.88. The Hall–Kier alpha value is -4.15. The van der Waals surface area contributed by atoms with E-state index in [1.165, 1.54) is 31.5 Å². The summed E-state index contributed by atoms with van der Waals surface area (Å²) in [5.74, 6) is -3.05. The average Bonchev–Trinajstić information content (AvgIpc) is 2.74. The van der Waals surface area contributed by atoms with E-state index < -0.39 is 35.1 Å². The topological polar surface area (TPSA) is 104 Å². The number of pyridine rings is 1. The predicted molar refractivity (Wildman–Crippen MR) is 105 cm³/mol. The molecule has 0 bridgehead atoms. The number of amides is 2. The summed E-state index contributed by atoms with van der Waals surface area (Å²) in [6.07, 6.45) is -3.47. The molecule has 0 aliphatic carbocycles. The minimum absolute atomic E-state index is 0.0587. The number of primary amides is 1. The number of anilines is 1. The van der Waals surface area contributed by atoms with E-state index >= 15 is 0 Å². The minimum atomic E-state index is -4.70. The molecule has 3 rings (SSSR count). The maximum Gasteiger partial charge on any atom is 0.416 e. The van der Waals surface area contributed by atoms with E-state index in [1.54, 1.807) is 0 Å². The molecular formula is C21H15F4N3O4. The van der Waals surface area contributed by atoms with Gasteiger partial charge >= 0.3 is 6.18 Å². The Morgan fingerprint density at radius 3 is 2.44 bits per heavy atom. The summed E-state index contributed by atoms with van der Waals surface area (Å²) in [6.45, 7) is 0. The van der Waals surface area contributed by atoms with Crippen LogP contribution in [-0.4, -0.2) is 23.9 Å². The first kappa shape index (κ1) is 22.5. The van der Waals surface area contributed by atoms with Gasteiger partial charge in [0.05, 0.1) is 18.2 Å². The van der Waals surface area contributed by atoms with E-state index in [4.69, 9.17) is 15.2 Å². The maximum absolute atomic E-state index is 13.6. The quantitative estimate of drug-likeness (QED) is 0.544. The fourth-order valence-corrected chi connectivity index (χ4v) is 2.64. The van der Waals surface area contributed by atoms with Crippen LogP contribution in [0.3, 0.4) is 0 Å².